The van der Waals surface area contributed by atoms with Crippen molar-refractivity contribution in [1.29, 1.82) is 0 Å². The van der Waals surface area contributed by atoms with Gasteiger partial charge in [0.15, 0.2) is 0 Å². The Morgan fingerprint density at radius 3 is 3.00 bits per heavy atom. The lowest BCUT2D eigenvalue weighted by molar-refractivity contribution is -0.119. The van der Waals surface area contributed by atoms with Crippen molar-refractivity contribution in [2.24, 2.45) is 0 Å². The summed E-state index contributed by atoms with van der Waals surface area (Å²) in [5.41, 5.74) is 1.18. The highest BCUT2D eigenvalue weighted by Crippen LogP contribution is 2.33. The van der Waals surface area contributed by atoms with Crippen molar-refractivity contribution in [2.75, 3.05) is 23.7 Å². The Bertz CT molecular complexity index is 583. The van der Waals surface area contributed by atoms with Gasteiger partial charge >= 0.3 is 0 Å². The van der Waals surface area contributed by atoms with Gasteiger partial charge in [0.1, 0.15) is 0 Å². The van der Waals surface area contributed by atoms with Gasteiger partial charge in [0.05, 0.1) is 18.8 Å². The monoisotopic (exact) mass is 304 g/mol. The second kappa shape index (κ2) is 6.33. The molecule has 5 heteroatoms. The maximum Gasteiger partial charge on any atom is 0.239 e. The number of rotatable bonds is 4. The number of fused-ring (bicyclic) bond motifs is 1. The van der Waals surface area contributed by atoms with Crippen LogP contribution in [-0.2, 0) is 11.3 Å². The van der Waals surface area contributed by atoms with Gasteiger partial charge in [-0.25, -0.2) is 0 Å². The summed E-state index contributed by atoms with van der Waals surface area (Å²) in [6.07, 6.45) is 0. The first kappa shape index (κ1) is 13.5. The van der Waals surface area contributed by atoms with Crippen molar-refractivity contribution in [3.05, 3.63) is 46.7 Å². The summed E-state index contributed by atoms with van der Waals surface area (Å²) in [5, 5.41) is 5.01. The van der Waals surface area contributed by atoms with Crippen LogP contribution in [0.5, 0.6) is 0 Å². The number of amides is 1. The van der Waals surface area contributed by atoms with E-state index in [0.717, 1.165) is 12.3 Å². The van der Waals surface area contributed by atoms with Gasteiger partial charge in [-0.3, -0.25) is 4.79 Å². The summed E-state index contributed by atoms with van der Waals surface area (Å²) >= 11 is 3.53. The fraction of sp³-hybridized carbons (Fsp3) is 0.267. The molecule has 1 aromatic heterocycles. The molecule has 3 nitrogen and oxygen atoms in total. The van der Waals surface area contributed by atoms with Crippen LogP contribution in [0, 0.1) is 0 Å². The molecule has 0 atom stereocenters. The van der Waals surface area contributed by atoms with Crippen molar-refractivity contribution in [3.63, 3.8) is 0 Å². The third-order valence-electron chi connectivity index (χ3n) is 3.20. The summed E-state index contributed by atoms with van der Waals surface area (Å²) in [6.45, 7) is 1.98. The number of anilines is 1. The average Bonchev–Trinajstić information content (AvgIpc) is 2.99. The number of hydrogen-bond acceptors (Lipinski definition) is 4. The van der Waals surface area contributed by atoms with Gasteiger partial charge in [-0.05, 0) is 23.6 Å². The zero-order valence-electron chi connectivity index (χ0n) is 11.0. The fourth-order valence-corrected chi connectivity index (χ4v) is 3.92. The lowest BCUT2D eigenvalue weighted by Gasteiger charge is -2.30. The highest BCUT2D eigenvalue weighted by atomic mass is 32.2. The van der Waals surface area contributed by atoms with E-state index in [9.17, 15) is 4.79 Å². The van der Waals surface area contributed by atoms with Gasteiger partial charge in [-0.15, -0.1) is 23.1 Å². The molecule has 0 aliphatic carbocycles. The van der Waals surface area contributed by atoms with Crippen molar-refractivity contribution >= 4 is 34.7 Å². The minimum absolute atomic E-state index is 0.0834. The number of thiophene rings is 1. The molecule has 3 rings (SSSR count). The van der Waals surface area contributed by atoms with Crippen LogP contribution in [0.25, 0.3) is 0 Å². The van der Waals surface area contributed by atoms with E-state index in [1.807, 2.05) is 41.4 Å². The van der Waals surface area contributed by atoms with Gasteiger partial charge in [-0.1, -0.05) is 18.2 Å². The van der Waals surface area contributed by atoms with Crippen molar-refractivity contribution in [2.45, 2.75) is 11.4 Å². The van der Waals surface area contributed by atoms with Crippen LogP contribution in [0.3, 0.4) is 0 Å². The van der Waals surface area contributed by atoms with E-state index in [2.05, 4.69) is 22.3 Å². The molecule has 0 saturated carbocycles. The van der Waals surface area contributed by atoms with E-state index in [-0.39, 0.29) is 5.91 Å². The molecule has 0 bridgehead atoms. The largest absolute Gasteiger partial charge is 0.360 e. The van der Waals surface area contributed by atoms with Crippen molar-refractivity contribution in [1.82, 2.24) is 5.32 Å². The third-order valence-corrected chi connectivity index (χ3v) is 5.12. The fourth-order valence-electron chi connectivity index (χ4n) is 2.22. The molecule has 1 aliphatic heterocycles. The zero-order valence-corrected chi connectivity index (χ0v) is 12.7. The molecule has 1 aromatic carbocycles. The van der Waals surface area contributed by atoms with E-state index in [4.69, 9.17) is 0 Å². The second-order valence-corrected chi connectivity index (χ2v) is 6.76. The Labute approximate surface area is 127 Å². The number of thioether (sulfide) groups is 1. The maximum absolute atomic E-state index is 12.1. The van der Waals surface area contributed by atoms with Crippen molar-refractivity contribution < 1.29 is 4.79 Å². The standard InChI is InChI=1S/C15H16N2OS2/c18-15(16-10-12-4-3-8-19-12)11-17-7-9-20-14-6-2-1-5-13(14)17/h1-6,8H,7,9-11H2,(H,16,18). The molecular formula is C15H16N2OS2. The van der Waals surface area contributed by atoms with Gasteiger partial charge in [0.25, 0.3) is 0 Å². The van der Waals surface area contributed by atoms with Crippen LogP contribution in [0.15, 0.2) is 46.7 Å². The topological polar surface area (TPSA) is 32.3 Å². The molecular weight excluding hydrogens is 288 g/mol. The van der Waals surface area contributed by atoms with E-state index in [1.165, 1.54) is 15.5 Å². The number of nitrogens with zero attached hydrogens (tertiary/aromatic N) is 1. The smallest absolute Gasteiger partial charge is 0.239 e. The molecule has 0 radical (unpaired) electrons. The van der Waals surface area contributed by atoms with Crippen LogP contribution in [0.1, 0.15) is 4.88 Å². The lowest BCUT2D eigenvalue weighted by Crippen LogP contribution is -2.39. The molecule has 20 heavy (non-hydrogen) atoms. The van der Waals surface area contributed by atoms with Crippen LogP contribution in [0.2, 0.25) is 0 Å². The molecule has 0 saturated heterocycles. The summed E-state index contributed by atoms with van der Waals surface area (Å²) < 4.78 is 0. The molecule has 1 aliphatic rings. The third kappa shape index (κ3) is 3.16. The number of carbonyl (C=O) groups excluding carboxylic acids is 1. The Morgan fingerprint density at radius 2 is 2.15 bits per heavy atom. The van der Waals surface area contributed by atoms with E-state index in [0.29, 0.717) is 13.1 Å². The summed E-state index contributed by atoms with van der Waals surface area (Å²) in [5.74, 6) is 1.12. The van der Waals surface area contributed by atoms with E-state index >= 15 is 0 Å². The van der Waals surface area contributed by atoms with E-state index < -0.39 is 0 Å². The van der Waals surface area contributed by atoms with Crippen LogP contribution >= 0.6 is 23.1 Å². The van der Waals surface area contributed by atoms with Gasteiger partial charge in [0, 0.05) is 22.1 Å². The Morgan fingerprint density at radius 1 is 1.25 bits per heavy atom. The lowest BCUT2D eigenvalue weighted by atomic mass is 10.2. The van der Waals surface area contributed by atoms with Crippen molar-refractivity contribution in [3.8, 4) is 0 Å². The normalized spacial score (nSPS) is 13.9. The summed E-state index contributed by atoms with van der Waals surface area (Å²) in [7, 11) is 0. The summed E-state index contributed by atoms with van der Waals surface area (Å²) in [4.78, 5) is 16.7. The molecule has 1 amide bonds. The van der Waals surface area contributed by atoms with E-state index in [1.54, 1.807) is 11.3 Å². The number of carbonyl (C=O) groups is 1. The predicted molar refractivity (Wildman–Crippen MR) is 85.5 cm³/mol. The zero-order chi connectivity index (χ0) is 13.8. The number of hydrogen-bond donors (Lipinski definition) is 1. The molecule has 0 spiro atoms. The Hall–Kier alpha value is -1.46. The first-order chi connectivity index (χ1) is 9.83. The molecule has 0 unspecified atom stereocenters. The van der Waals surface area contributed by atoms with Crippen LogP contribution < -0.4 is 10.2 Å². The second-order valence-electron chi connectivity index (χ2n) is 4.59. The minimum Gasteiger partial charge on any atom is -0.360 e. The van der Waals surface area contributed by atoms with Gasteiger partial charge in [-0.2, -0.15) is 0 Å². The predicted octanol–water partition coefficient (Wildman–Crippen LogP) is 2.98. The highest BCUT2D eigenvalue weighted by molar-refractivity contribution is 7.99. The highest BCUT2D eigenvalue weighted by Gasteiger charge is 2.18. The molecule has 104 valence electrons. The number of nitrogens with one attached hydrogen (secondary N) is 1. The molecule has 0 fully saturated rings. The van der Waals surface area contributed by atoms with Gasteiger partial charge in [0.2, 0.25) is 5.91 Å². The summed E-state index contributed by atoms with van der Waals surface area (Å²) in [6, 6.07) is 12.3. The molecule has 1 N–H and O–H groups in total. The number of para-hydroxylation sites is 1. The molecule has 2 aromatic rings. The first-order valence-corrected chi connectivity index (χ1v) is 8.45. The Kier molecular flexibility index (Phi) is 4.28. The Balaban J connectivity index is 1.59. The molecule has 2 heterocycles. The number of benzene rings is 1. The van der Waals surface area contributed by atoms with Gasteiger partial charge < -0.3 is 10.2 Å². The minimum atomic E-state index is 0.0834. The van der Waals surface area contributed by atoms with Crippen LogP contribution in [-0.4, -0.2) is 24.7 Å². The quantitative estimate of drug-likeness (QED) is 0.942. The SMILES string of the molecule is O=C(CN1CCSc2ccccc21)NCc1cccs1. The average molecular weight is 304 g/mol. The van der Waals surface area contributed by atoms with Crippen LogP contribution in [0.4, 0.5) is 5.69 Å². The first-order valence-electron chi connectivity index (χ1n) is 6.59. The maximum atomic E-state index is 12.1.